The van der Waals surface area contributed by atoms with Crippen LogP contribution in [0.5, 0.6) is 0 Å². The lowest BCUT2D eigenvalue weighted by Gasteiger charge is -2.35. The van der Waals surface area contributed by atoms with Gasteiger partial charge < -0.3 is 4.90 Å². The molecule has 0 unspecified atom stereocenters. The van der Waals surface area contributed by atoms with Crippen LogP contribution in [0.4, 0.5) is 0 Å². The molecule has 1 aliphatic heterocycles. The van der Waals surface area contributed by atoms with E-state index in [0.717, 1.165) is 43.5 Å². The van der Waals surface area contributed by atoms with E-state index in [2.05, 4.69) is 45.1 Å². The summed E-state index contributed by atoms with van der Waals surface area (Å²) in [4.78, 5) is 16.8. The Hall–Kier alpha value is -0.870. The highest BCUT2D eigenvalue weighted by molar-refractivity contribution is 9.10. The summed E-state index contributed by atoms with van der Waals surface area (Å²) in [6, 6.07) is 8.58. The first-order chi connectivity index (χ1) is 11.1. The van der Waals surface area contributed by atoms with Crippen LogP contribution < -0.4 is 0 Å². The fraction of sp³-hybridized carbons (Fsp3) is 0.632. The van der Waals surface area contributed by atoms with Crippen LogP contribution in [0, 0.1) is 11.8 Å². The third kappa shape index (κ3) is 4.57. The maximum atomic E-state index is 12.2. The van der Waals surface area contributed by atoms with E-state index in [1.807, 2.05) is 11.9 Å². The number of benzene rings is 1. The fourth-order valence-corrected chi connectivity index (χ4v) is 4.11. The highest BCUT2D eigenvalue weighted by Gasteiger charge is 2.29. The number of piperidine rings is 1. The van der Waals surface area contributed by atoms with Crippen molar-refractivity contribution < 1.29 is 4.79 Å². The van der Waals surface area contributed by atoms with Crippen LogP contribution in [0.15, 0.2) is 28.7 Å². The van der Waals surface area contributed by atoms with Gasteiger partial charge in [-0.15, -0.1) is 0 Å². The van der Waals surface area contributed by atoms with Crippen LogP contribution in [0.1, 0.15) is 37.7 Å². The van der Waals surface area contributed by atoms with Gasteiger partial charge in [-0.25, -0.2) is 0 Å². The van der Waals surface area contributed by atoms with E-state index in [0.29, 0.717) is 17.7 Å². The molecule has 2 fully saturated rings. The smallest absolute Gasteiger partial charge is 0.225 e. The van der Waals surface area contributed by atoms with Crippen molar-refractivity contribution >= 4 is 21.8 Å². The van der Waals surface area contributed by atoms with Gasteiger partial charge in [0.1, 0.15) is 0 Å². The van der Waals surface area contributed by atoms with E-state index in [4.69, 9.17) is 0 Å². The van der Waals surface area contributed by atoms with Crippen molar-refractivity contribution in [3.63, 3.8) is 0 Å². The van der Waals surface area contributed by atoms with Crippen LogP contribution in [0.2, 0.25) is 0 Å². The van der Waals surface area contributed by atoms with Crippen LogP contribution in [0.3, 0.4) is 0 Å². The number of halogens is 1. The Balaban J connectivity index is 1.42. The largest absolute Gasteiger partial charge is 0.345 e. The van der Waals surface area contributed by atoms with Crippen molar-refractivity contribution in [1.29, 1.82) is 0 Å². The Bertz CT molecular complexity index is 536. The van der Waals surface area contributed by atoms with E-state index < -0.39 is 0 Å². The van der Waals surface area contributed by atoms with Gasteiger partial charge in [0.2, 0.25) is 5.91 Å². The van der Waals surface area contributed by atoms with Crippen LogP contribution in [-0.2, 0) is 11.3 Å². The Kier molecular flexibility index (Phi) is 5.76. The molecule has 1 amide bonds. The van der Waals surface area contributed by atoms with Crippen molar-refractivity contribution in [2.24, 2.45) is 11.8 Å². The summed E-state index contributed by atoms with van der Waals surface area (Å²) < 4.78 is 1.15. The van der Waals surface area contributed by atoms with Gasteiger partial charge in [0.25, 0.3) is 0 Å². The third-order valence-electron chi connectivity index (χ3n) is 5.37. The topological polar surface area (TPSA) is 23.6 Å². The summed E-state index contributed by atoms with van der Waals surface area (Å²) >= 11 is 3.54. The predicted octanol–water partition coefficient (Wildman–Crippen LogP) is 3.92. The number of hydrogen-bond donors (Lipinski definition) is 0. The Morgan fingerprint density at radius 1 is 1.26 bits per heavy atom. The Labute approximate surface area is 148 Å². The van der Waals surface area contributed by atoms with Gasteiger partial charge in [-0.05, 0) is 62.4 Å². The summed E-state index contributed by atoms with van der Waals surface area (Å²) in [5, 5.41) is 0. The second-order valence-electron chi connectivity index (χ2n) is 7.20. The molecule has 0 bridgehead atoms. The summed E-state index contributed by atoms with van der Waals surface area (Å²) in [6.45, 7) is 4.26. The van der Waals surface area contributed by atoms with Crippen LogP contribution in [-0.4, -0.2) is 42.4 Å². The molecular weight excluding hydrogens is 352 g/mol. The van der Waals surface area contributed by atoms with E-state index in [1.54, 1.807) is 0 Å². The molecule has 1 aromatic carbocycles. The molecule has 23 heavy (non-hydrogen) atoms. The van der Waals surface area contributed by atoms with E-state index >= 15 is 0 Å². The molecule has 126 valence electrons. The number of rotatable bonds is 5. The van der Waals surface area contributed by atoms with Gasteiger partial charge in [-0.1, -0.05) is 34.5 Å². The summed E-state index contributed by atoms with van der Waals surface area (Å²) in [6.07, 6.45) is 5.85. The normalized spacial score (nSPS) is 20.3. The standard InChI is InChI=1S/C19H27BrN2O/c1-21(19(23)17-5-3-6-17)13-15-8-10-22(11-9-15)14-16-4-2-7-18(20)12-16/h2,4,7,12,15,17H,3,5-6,8-11,13-14H2,1H3. The molecule has 1 aromatic rings. The third-order valence-corrected chi connectivity index (χ3v) is 5.86. The van der Waals surface area contributed by atoms with E-state index in [9.17, 15) is 4.79 Å². The molecule has 1 aliphatic carbocycles. The van der Waals surface area contributed by atoms with Gasteiger partial charge in [0, 0.05) is 30.5 Å². The molecule has 3 rings (SSSR count). The molecule has 0 atom stereocenters. The lowest BCUT2D eigenvalue weighted by molar-refractivity contribution is -0.137. The van der Waals surface area contributed by atoms with E-state index in [1.165, 1.54) is 24.8 Å². The summed E-state index contributed by atoms with van der Waals surface area (Å²) in [5.41, 5.74) is 1.37. The minimum Gasteiger partial charge on any atom is -0.345 e. The zero-order valence-corrected chi connectivity index (χ0v) is 15.6. The lowest BCUT2D eigenvalue weighted by Crippen LogP contribution is -2.42. The molecule has 0 aromatic heterocycles. The monoisotopic (exact) mass is 378 g/mol. The lowest BCUT2D eigenvalue weighted by atomic mass is 9.84. The van der Waals surface area contributed by atoms with Crippen molar-refractivity contribution in [2.45, 2.75) is 38.6 Å². The maximum Gasteiger partial charge on any atom is 0.225 e. The molecule has 0 N–H and O–H groups in total. The highest BCUT2D eigenvalue weighted by atomic mass is 79.9. The maximum absolute atomic E-state index is 12.2. The average molecular weight is 379 g/mol. The van der Waals surface area contributed by atoms with Gasteiger partial charge in [0.05, 0.1) is 0 Å². The summed E-state index contributed by atoms with van der Waals surface area (Å²) in [7, 11) is 1.99. The number of nitrogens with zero attached hydrogens (tertiary/aromatic N) is 2. The van der Waals surface area contributed by atoms with Gasteiger partial charge in [-0.2, -0.15) is 0 Å². The van der Waals surface area contributed by atoms with Crippen molar-refractivity contribution in [3.8, 4) is 0 Å². The number of likely N-dealkylation sites (tertiary alicyclic amines) is 1. The van der Waals surface area contributed by atoms with Crippen molar-refractivity contribution in [3.05, 3.63) is 34.3 Å². The number of carbonyl (C=O) groups is 1. The first-order valence-corrected chi connectivity index (χ1v) is 9.63. The number of amides is 1. The predicted molar refractivity (Wildman–Crippen MR) is 97.1 cm³/mol. The van der Waals surface area contributed by atoms with Crippen molar-refractivity contribution in [2.75, 3.05) is 26.7 Å². The van der Waals surface area contributed by atoms with Gasteiger partial charge >= 0.3 is 0 Å². The quantitative estimate of drug-likeness (QED) is 0.774. The van der Waals surface area contributed by atoms with Crippen LogP contribution >= 0.6 is 15.9 Å². The summed E-state index contributed by atoms with van der Waals surface area (Å²) in [5.74, 6) is 1.38. The molecule has 1 saturated heterocycles. The van der Waals surface area contributed by atoms with Crippen molar-refractivity contribution in [1.82, 2.24) is 9.80 Å². The molecule has 1 saturated carbocycles. The highest BCUT2D eigenvalue weighted by Crippen LogP contribution is 2.29. The van der Waals surface area contributed by atoms with Crippen LogP contribution in [0.25, 0.3) is 0 Å². The molecule has 3 nitrogen and oxygen atoms in total. The fourth-order valence-electron chi connectivity index (χ4n) is 3.66. The second kappa shape index (κ2) is 7.80. The average Bonchev–Trinajstić information content (AvgIpc) is 2.47. The second-order valence-corrected chi connectivity index (χ2v) is 8.11. The Morgan fingerprint density at radius 3 is 2.61 bits per heavy atom. The molecule has 0 spiro atoms. The number of hydrogen-bond acceptors (Lipinski definition) is 2. The molecule has 4 heteroatoms. The first-order valence-electron chi connectivity index (χ1n) is 8.83. The molecule has 1 heterocycles. The Morgan fingerprint density at radius 2 is 2.00 bits per heavy atom. The minimum atomic E-state index is 0.330. The van der Waals surface area contributed by atoms with Gasteiger partial charge in [0.15, 0.2) is 0 Å². The number of carbonyl (C=O) groups excluding carboxylic acids is 1. The SMILES string of the molecule is CN(CC1CCN(Cc2cccc(Br)c2)CC1)C(=O)C1CCC1. The first kappa shape index (κ1) is 17.0. The van der Waals surface area contributed by atoms with E-state index in [-0.39, 0.29) is 0 Å². The zero-order chi connectivity index (χ0) is 16.2. The minimum absolute atomic E-state index is 0.330. The molecule has 2 aliphatic rings. The molecule has 0 radical (unpaired) electrons. The molecular formula is C19H27BrN2O. The van der Waals surface area contributed by atoms with Gasteiger partial charge in [-0.3, -0.25) is 9.69 Å². The zero-order valence-electron chi connectivity index (χ0n) is 14.0.